The number of carbonyl (C=O) groups is 2. The lowest BCUT2D eigenvalue weighted by molar-refractivity contribution is -0.144. The molecular formula is C9H16N2O3. The Morgan fingerprint density at radius 3 is 2.79 bits per heavy atom. The van der Waals surface area contributed by atoms with Crippen molar-refractivity contribution in [3.05, 3.63) is 0 Å². The Balaban J connectivity index is 2.35. The van der Waals surface area contributed by atoms with Crippen LogP contribution < -0.4 is 10.6 Å². The van der Waals surface area contributed by atoms with E-state index in [0.717, 1.165) is 13.0 Å². The molecule has 14 heavy (non-hydrogen) atoms. The van der Waals surface area contributed by atoms with Crippen LogP contribution in [0.15, 0.2) is 0 Å². The van der Waals surface area contributed by atoms with E-state index in [4.69, 9.17) is 0 Å². The molecule has 0 aromatic heterocycles. The van der Waals surface area contributed by atoms with Crippen molar-refractivity contribution in [2.24, 2.45) is 5.92 Å². The standard InChI is InChI=1S/C9H16N2O3/c1-6(9(13)14-2)11-8(12)7-3-4-10-5-7/h6-7,10H,3-5H2,1-2H3,(H,11,12). The first-order valence-electron chi connectivity index (χ1n) is 4.74. The fraction of sp³-hybridized carbons (Fsp3) is 0.778. The zero-order chi connectivity index (χ0) is 10.6. The van der Waals surface area contributed by atoms with Crippen molar-refractivity contribution in [3.63, 3.8) is 0 Å². The van der Waals surface area contributed by atoms with Crippen LogP contribution in [-0.2, 0) is 14.3 Å². The predicted molar refractivity (Wildman–Crippen MR) is 50.6 cm³/mol. The SMILES string of the molecule is COC(=O)C(C)NC(=O)C1CCNC1. The second-order valence-corrected chi connectivity index (χ2v) is 3.44. The molecular weight excluding hydrogens is 184 g/mol. The van der Waals surface area contributed by atoms with Crippen molar-refractivity contribution in [2.45, 2.75) is 19.4 Å². The van der Waals surface area contributed by atoms with E-state index in [2.05, 4.69) is 15.4 Å². The summed E-state index contributed by atoms with van der Waals surface area (Å²) in [6.07, 6.45) is 0.833. The summed E-state index contributed by atoms with van der Waals surface area (Å²) in [5.41, 5.74) is 0. The number of nitrogens with one attached hydrogen (secondary N) is 2. The third-order valence-corrected chi connectivity index (χ3v) is 2.34. The number of ether oxygens (including phenoxy) is 1. The van der Waals surface area contributed by atoms with Crippen LogP contribution in [0.4, 0.5) is 0 Å². The van der Waals surface area contributed by atoms with Gasteiger partial charge in [0.25, 0.3) is 0 Å². The highest BCUT2D eigenvalue weighted by Gasteiger charge is 2.25. The highest BCUT2D eigenvalue weighted by atomic mass is 16.5. The van der Waals surface area contributed by atoms with Gasteiger partial charge in [0.05, 0.1) is 13.0 Å². The number of amides is 1. The number of rotatable bonds is 3. The third-order valence-electron chi connectivity index (χ3n) is 2.34. The van der Waals surface area contributed by atoms with E-state index in [9.17, 15) is 9.59 Å². The van der Waals surface area contributed by atoms with Gasteiger partial charge in [-0.1, -0.05) is 0 Å². The molecule has 0 bridgehead atoms. The van der Waals surface area contributed by atoms with Crippen LogP contribution in [0.3, 0.4) is 0 Å². The molecule has 0 saturated carbocycles. The van der Waals surface area contributed by atoms with Gasteiger partial charge >= 0.3 is 5.97 Å². The van der Waals surface area contributed by atoms with E-state index in [1.807, 2.05) is 0 Å². The Labute approximate surface area is 83.2 Å². The second-order valence-electron chi connectivity index (χ2n) is 3.44. The maximum Gasteiger partial charge on any atom is 0.328 e. The zero-order valence-electron chi connectivity index (χ0n) is 8.50. The number of carbonyl (C=O) groups excluding carboxylic acids is 2. The van der Waals surface area contributed by atoms with Gasteiger partial charge < -0.3 is 15.4 Å². The second kappa shape index (κ2) is 4.95. The topological polar surface area (TPSA) is 67.4 Å². The van der Waals surface area contributed by atoms with Crippen LogP contribution in [0, 0.1) is 5.92 Å². The number of methoxy groups -OCH3 is 1. The van der Waals surface area contributed by atoms with Gasteiger partial charge in [0.15, 0.2) is 0 Å². The van der Waals surface area contributed by atoms with Crippen LogP contribution in [0.25, 0.3) is 0 Å². The maximum absolute atomic E-state index is 11.5. The van der Waals surface area contributed by atoms with Crippen molar-refractivity contribution in [3.8, 4) is 0 Å². The molecule has 0 aromatic rings. The van der Waals surface area contributed by atoms with Crippen LogP contribution in [0.1, 0.15) is 13.3 Å². The molecule has 2 unspecified atom stereocenters. The van der Waals surface area contributed by atoms with E-state index in [1.54, 1.807) is 6.92 Å². The molecule has 1 rings (SSSR count). The predicted octanol–water partition coefficient (Wildman–Crippen LogP) is -0.726. The van der Waals surface area contributed by atoms with Gasteiger partial charge in [0.2, 0.25) is 5.91 Å². The van der Waals surface area contributed by atoms with Gasteiger partial charge in [-0.05, 0) is 19.9 Å². The van der Waals surface area contributed by atoms with Crippen molar-refractivity contribution in [1.29, 1.82) is 0 Å². The minimum atomic E-state index is -0.562. The number of hydrogen-bond acceptors (Lipinski definition) is 4. The summed E-state index contributed by atoms with van der Waals surface area (Å²) in [6.45, 7) is 3.18. The first-order chi connectivity index (χ1) is 6.65. The van der Waals surface area contributed by atoms with E-state index >= 15 is 0 Å². The molecule has 0 radical (unpaired) electrons. The molecule has 5 nitrogen and oxygen atoms in total. The van der Waals surface area contributed by atoms with Gasteiger partial charge in [-0.3, -0.25) is 4.79 Å². The molecule has 5 heteroatoms. The molecule has 1 amide bonds. The quantitative estimate of drug-likeness (QED) is 0.590. The lowest BCUT2D eigenvalue weighted by atomic mass is 10.1. The normalized spacial score (nSPS) is 22.9. The van der Waals surface area contributed by atoms with Crippen molar-refractivity contribution < 1.29 is 14.3 Å². The van der Waals surface area contributed by atoms with Gasteiger partial charge in [-0.25, -0.2) is 4.79 Å². The lowest BCUT2D eigenvalue weighted by Crippen LogP contribution is -2.42. The molecule has 1 heterocycles. The van der Waals surface area contributed by atoms with Gasteiger partial charge in [-0.2, -0.15) is 0 Å². The fourth-order valence-electron chi connectivity index (χ4n) is 1.45. The first kappa shape index (κ1) is 11.0. The summed E-state index contributed by atoms with van der Waals surface area (Å²) in [5, 5.41) is 5.71. The van der Waals surface area contributed by atoms with Gasteiger partial charge in [0, 0.05) is 6.54 Å². The molecule has 0 spiro atoms. The smallest absolute Gasteiger partial charge is 0.328 e. The molecule has 1 fully saturated rings. The summed E-state index contributed by atoms with van der Waals surface area (Å²) in [5.74, 6) is -0.501. The average molecular weight is 200 g/mol. The summed E-state index contributed by atoms with van der Waals surface area (Å²) < 4.78 is 4.51. The number of hydrogen-bond donors (Lipinski definition) is 2. The van der Waals surface area contributed by atoms with Crippen LogP contribution >= 0.6 is 0 Å². The maximum atomic E-state index is 11.5. The van der Waals surface area contributed by atoms with Crippen LogP contribution in [0.2, 0.25) is 0 Å². The van der Waals surface area contributed by atoms with Gasteiger partial charge in [-0.15, -0.1) is 0 Å². The molecule has 0 aromatic carbocycles. The summed E-state index contributed by atoms with van der Waals surface area (Å²) in [6, 6.07) is -0.562. The van der Waals surface area contributed by atoms with E-state index < -0.39 is 12.0 Å². The molecule has 80 valence electrons. The highest BCUT2D eigenvalue weighted by molar-refractivity contribution is 5.85. The van der Waals surface area contributed by atoms with E-state index in [1.165, 1.54) is 7.11 Å². The Morgan fingerprint density at radius 2 is 2.29 bits per heavy atom. The Morgan fingerprint density at radius 1 is 1.57 bits per heavy atom. The summed E-state index contributed by atoms with van der Waals surface area (Å²) >= 11 is 0. The highest BCUT2D eigenvalue weighted by Crippen LogP contribution is 2.07. The first-order valence-corrected chi connectivity index (χ1v) is 4.74. The largest absolute Gasteiger partial charge is 0.467 e. The fourth-order valence-corrected chi connectivity index (χ4v) is 1.45. The van der Waals surface area contributed by atoms with Crippen molar-refractivity contribution in [2.75, 3.05) is 20.2 Å². The molecule has 1 aliphatic rings. The van der Waals surface area contributed by atoms with E-state index in [-0.39, 0.29) is 11.8 Å². The Kier molecular flexibility index (Phi) is 3.88. The van der Waals surface area contributed by atoms with Crippen molar-refractivity contribution in [1.82, 2.24) is 10.6 Å². The summed E-state index contributed by atoms with van der Waals surface area (Å²) in [7, 11) is 1.31. The lowest BCUT2D eigenvalue weighted by Gasteiger charge is -2.14. The minimum Gasteiger partial charge on any atom is -0.467 e. The molecule has 2 atom stereocenters. The monoisotopic (exact) mass is 200 g/mol. The molecule has 0 aliphatic carbocycles. The van der Waals surface area contributed by atoms with Crippen LogP contribution in [-0.4, -0.2) is 38.1 Å². The Bertz CT molecular complexity index is 224. The molecule has 1 aliphatic heterocycles. The van der Waals surface area contributed by atoms with Crippen LogP contribution in [0.5, 0.6) is 0 Å². The Hall–Kier alpha value is -1.10. The summed E-state index contributed by atoms with van der Waals surface area (Å²) in [4.78, 5) is 22.5. The average Bonchev–Trinajstić information content (AvgIpc) is 2.69. The molecule has 1 saturated heterocycles. The minimum absolute atomic E-state index is 0.0119. The van der Waals surface area contributed by atoms with Gasteiger partial charge in [0.1, 0.15) is 6.04 Å². The molecule has 2 N–H and O–H groups in total. The van der Waals surface area contributed by atoms with E-state index in [0.29, 0.717) is 6.54 Å². The number of esters is 1. The van der Waals surface area contributed by atoms with Crippen molar-refractivity contribution >= 4 is 11.9 Å². The zero-order valence-corrected chi connectivity index (χ0v) is 8.50. The third kappa shape index (κ3) is 2.70.